The summed E-state index contributed by atoms with van der Waals surface area (Å²) in [7, 11) is 0. The Labute approximate surface area is 165 Å². The molecule has 0 bridgehead atoms. The van der Waals surface area contributed by atoms with Crippen molar-refractivity contribution in [3.63, 3.8) is 0 Å². The molecule has 1 aromatic carbocycles. The number of hydrogen-bond acceptors (Lipinski definition) is 4. The number of urea groups is 1. The van der Waals surface area contributed by atoms with E-state index in [0.29, 0.717) is 26.2 Å². The molecule has 0 atom stereocenters. The zero-order chi connectivity index (χ0) is 19.8. The van der Waals surface area contributed by atoms with E-state index in [2.05, 4.69) is 15.6 Å². The molecular formula is C21H27N5O2. The molecule has 7 heteroatoms. The Hall–Kier alpha value is -3.09. The minimum Gasteiger partial charge on any atom is -0.384 e. The highest BCUT2D eigenvalue weighted by Gasteiger charge is 2.26. The minimum atomic E-state index is -0.176. The summed E-state index contributed by atoms with van der Waals surface area (Å²) in [5.41, 5.74) is 3.27. The van der Waals surface area contributed by atoms with Crippen LogP contribution in [0.1, 0.15) is 17.5 Å². The number of benzene rings is 1. The number of piperazine rings is 1. The third kappa shape index (κ3) is 5.70. The fraction of sp³-hybridized carbons (Fsp3) is 0.381. The third-order valence-electron chi connectivity index (χ3n) is 4.72. The van der Waals surface area contributed by atoms with Gasteiger partial charge in [-0.15, -0.1) is 0 Å². The molecule has 1 saturated heterocycles. The highest BCUT2D eigenvalue weighted by atomic mass is 16.2. The number of pyridine rings is 1. The summed E-state index contributed by atoms with van der Waals surface area (Å²) in [6.45, 7) is 5.18. The van der Waals surface area contributed by atoms with Crippen LogP contribution in [0, 0.1) is 6.92 Å². The fourth-order valence-corrected chi connectivity index (χ4v) is 3.06. The predicted molar refractivity (Wildman–Crippen MR) is 109 cm³/mol. The summed E-state index contributed by atoms with van der Waals surface area (Å²) in [5.74, 6) is -0.0137. The highest BCUT2D eigenvalue weighted by Crippen LogP contribution is 2.11. The van der Waals surface area contributed by atoms with Crippen LogP contribution in [0.25, 0.3) is 0 Å². The average Bonchev–Trinajstić information content (AvgIpc) is 2.71. The van der Waals surface area contributed by atoms with Crippen LogP contribution in [0.3, 0.4) is 0 Å². The number of nitrogens with zero attached hydrogens (tertiary/aromatic N) is 3. The topological polar surface area (TPSA) is 77.6 Å². The van der Waals surface area contributed by atoms with Gasteiger partial charge in [-0.1, -0.05) is 29.8 Å². The van der Waals surface area contributed by atoms with Gasteiger partial charge in [-0.05, 0) is 31.0 Å². The fourth-order valence-electron chi connectivity index (χ4n) is 3.06. The number of amides is 3. The minimum absolute atomic E-state index is 0.0137. The van der Waals surface area contributed by atoms with Crippen molar-refractivity contribution >= 4 is 17.6 Å². The van der Waals surface area contributed by atoms with Gasteiger partial charge in [-0.2, -0.15) is 0 Å². The van der Waals surface area contributed by atoms with Crippen molar-refractivity contribution in [2.45, 2.75) is 19.9 Å². The maximum Gasteiger partial charge on any atom is 0.317 e. The lowest BCUT2D eigenvalue weighted by Crippen LogP contribution is -2.54. The van der Waals surface area contributed by atoms with Crippen LogP contribution in [0.15, 0.2) is 48.8 Å². The van der Waals surface area contributed by atoms with Gasteiger partial charge < -0.3 is 20.4 Å². The van der Waals surface area contributed by atoms with Gasteiger partial charge in [0.2, 0.25) is 5.91 Å². The largest absolute Gasteiger partial charge is 0.384 e. The number of anilines is 1. The van der Waals surface area contributed by atoms with Gasteiger partial charge in [0.25, 0.3) is 0 Å². The van der Waals surface area contributed by atoms with Crippen molar-refractivity contribution in [1.29, 1.82) is 0 Å². The second-order valence-electron chi connectivity index (χ2n) is 6.98. The molecule has 1 aromatic heterocycles. The molecule has 0 spiro atoms. The van der Waals surface area contributed by atoms with E-state index in [1.807, 2.05) is 48.2 Å². The molecule has 1 aliphatic rings. The second-order valence-corrected chi connectivity index (χ2v) is 6.98. The van der Waals surface area contributed by atoms with E-state index in [0.717, 1.165) is 24.2 Å². The molecule has 0 aliphatic carbocycles. The Morgan fingerprint density at radius 3 is 2.68 bits per heavy atom. The molecule has 28 heavy (non-hydrogen) atoms. The van der Waals surface area contributed by atoms with E-state index in [9.17, 15) is 9.59 Å². The molecule has 148 valence electrons. The number of carbonyl (C=O) groups is 2. The summed E-state index contributed by atoms with van der Waals surface area (Å²) in [5, 5.41) is 6.14. The maximum absolute atomic E-state index is 12.4. The molecular weight excluding hydrogens is 354 g/mol. The van der Waals surface area contributed by atoms with E-state index < -0.39 is 0 Å². The molecule has 0 unspecified atom stereocenters. The molecule has 1 aliphatic heterocycles. The van der Waals surface area contributed by atoms with Gasteiger partial charge in [0.1, 0.15) is 6.54 Å². The number of rotatable bonds is 7. The summed E-state index contributed by atoms with van der Waals surface area (Å²) in [4.78, 5) is 32.1. The van der Waals surface area contributed by atoms with Crippen LogP contribution in [-0.2, 0) is 11.3 Å². The normalized spacial score (nSPS) is 14.1. The van der Waals surface area contributed by atoms with E-state index in [-0.39, 0.29) is 18.5 Å². The van der Waals surface area contributed by atoms with Crippen LogP contribution in [0.5, 0.6) is 0 Å². The Bertz CT molecular complexity index is 779. The lowest BCUT2D eigenvalue weighted by Gasteiger charge is -2.34. The average molecular weight is 381 g/mol. The zero-order valence-corrected chi connectivity index (χ0v) is 16.2. The Balaban J connectivity index is 1.35. The van der Waals surface area contributed by atoms with Gasteiger partial charge in [0.05, 0.1) is 5.69 Å². The van der Waals surface area contributed by atoms with Gasteiger partial charge in [0, 0.05) is 45.1 Å². The smallest absolute Gasteiger partial charge is 0.317 e. The molecule has 1 fully saturated rings. The van der Waals surface area contributed by atoms with Crippen LogP contribution in [-0.4, -0.2) is 59.4 Å². The summed E-state index contributed by atoms with van der Waals surface area (Å²) >= 11 is 0. The van der Waals surface area contributed by atoms with Gasteiger partial charge in [0.15, 0.2) is 0 Å². The molecule has 7 nitrogen and oxygen atoms in total. The molecule has 0 radical (unpaired) electrons. The maximum atomic E-state index is 12.4. The summed E-state index contributed by atoms with van der Waals surface area (Å²) < 4.78 is 0. The van der Waals surface area contributed by atoms with Crippen LogP contribution < -0.4 is 10.6 Å². The van der Waals surface area contributed by atoms with Crippen molar-refractivity contribution in [1.82, 2.24) is 20.1 Å². The van der Waals surface area contributed by atoms with E-state index in [1.165, 1.54) is 5.56 Å². The molecule has 3 rings (SSSR count). The summed E-state index contributed by atoms with van der Waals surface area (Å²) in [6, 6.07) is 11.8. The first kappa shape index (κ1) is 19.7. The highest BCUT2D eigenvalue weighted by molar-refractivity contribution is 5.85. The van der Waals surface area contributed by atoms with E-state index >= 15 is 0 Å². The van der Waals surface area contributed by atoms with Crippen molar-refractivity contribution in [3.05, 3.63) is 59.9 Å². The van der Waals surface area contributed by atoms with Gasteiger partial charge >= 0.3 is 6.03 Å². The first-order chi connectivity index (χ1) is 13.6. The molecule has 0 saturated carbocycles. The van der Waals surface area contributed by atoms with Crippen molar-refractivity contribution in [2.24, 2.45) is 0 Å². The second kappa shape index (κ2) is 9.73. The van der Waals surface area contributed by atoms with Crippen molar-refractivity contribution in [3.8, 4) is 0 Å². The Morgan fingerprint density at radius 2 is 1.96 bits per heavy atom. The number of aromatic nitrogens is 1. The molecule has 2 N–H and O–H groups in total. The molecule has 2 heterocycles. The van der Waals surface area contributed by atoms with Gasteiger partial charge in [-0.25, -0.2) is 4.79 Å². The first-order valence-electron chi connectivity index (χ1n) is 9.62. The first-order valence-corrected chi connectivity index (χ1v) is 9.62. The quantitative estimate of drug-likeness (QED) is 0.721. The molecule has 2 aromatic rings. The van der Waals surface area contributed by atoms with Crippen molar-refractivity contribution in [2.75, 3.05) is 38.0 Å². The van der Waals surface area contributed by atoms with Crippen LogP contribution in [0.2, 0.25) is 0 Å². The SMILES string of the molecule is Cc1ccc(CN2CCN(C(=O)NCCCNc3cccnc3)CC2=O)cc1. The number of nitrogens with one attached hydrogen (secondary N) is 2. The number of carbonyl (C=O) groups excluding carboxylic acids is 2. The van der Waals surface area contributed by atoms with Crippen molar-refractivity contribution < 1.29 is 9.59 Å². The number of aryl methyl sites for hydroxylation is 1. The number of hydrogen-bond donors (Lipinski definition) is 2. The standard InChI is InChI=1S/C21H27N5O2/c1-17-5-7-18(8-6-17)15-25-12-13-26(16-20(25)27)21(28)24-11-3-10-23-19-4-2-9-22-14-19/h2,4-9,14,23H,3,10-13,15-16H2,1H3,(H,24,28). The third-order valence-corrected chi connectivity index (χ3v) is 4.72. The summed E-state index contributed by atoms with van der Waals surface area (Å²) in [6.07, 6.45) is 4.29. The molecule has 3 amide bonds. The van der Waals surface area contributed by atoms with E-state index in [4.69, 9.17) is 0 Å². The van der Waals surface area contributed by atoms with Crippen LogP contribution in [0.4, 0.5) is 10.5 Å². The van der Waals surface area contributed by atoms with Crippen LogP contribution >= 0.6 is 0 Å². The predicted octanol–water partition coefficient (Wildman–Crippen LogP) is 2.25. The zero-order valence-electron chi connectivity index (χ0n) is 16.2. The monoisotopic (exact) mass is 381 g/mol. The lowest BCUT2D eigenvalue weighted by molar-refractivity contribution is -0.135. The van der Waals surface area contributed by atoms with Gasteiger partial charge in [-0.3, -0.25) is 9.78 Å². The lowest BCUT2D eigenvalue weighted by atomic mass is 10.1. The Kier molecular flexibility index (Phi) is 6.84. The Morgan fingerprint density at radius 1 is 1.14 bits per heavy atom. The van der Waals surface area contributed by atoms with E-state index in [1.54, 1.807) is 17.3 Å².